The number of carbonyl (C=O) groups excluding carboxylic acids is 1. The summed E-state index contributed by atoms with van der Waals surface area (Å²) in [5.41, 5.74) is 2.67. The number of amides is 1. The van der Waals surface area contributed by atoms with Gasteiger partial charge in [0.25, 0.3) is 0 Å². The molecule has 1 aromatic carbocycles. The average Bonchev–Trinajstić information content (AvgIpc) is 2.83. The molecule has 0 aliphatic heterocycles. The fourth-order valence-corrected chi connectivity index (χ4v) is 2.44. The quantitative estimate of drug-likeness (QED) is 0.888. The first-order valence-electron chi connectivity index (χ1n) is 6.55. The molecule has 1 amide bonds. The van der Waals surface area contributed by atoms with Crippen molar-refractivity contribution in [2.75, 3.05) is 5.32 Å². The lowest BCUT2D eigenvalue weighted by atomic mass is 10.1. The second-order valence-corrected chi connectivity index (χ2v) is 5.83. The molecule has 2 rings (SSSR count). The molecule has 20 heavy (non-hydrogen) atoms. The summed E-state index contributed by atoms with van der Waals surface area (Å²) < 4.78 is 0. The predicted octanol–water partition coefficient (Wildman–Crippen LogP) is 3.22. The maximum atomic E-state index is 11.7. The van der Waals surface area contributed by atoms with Gasteiger partial charge in [0.15, 0.2) is 0 Å². The molecule has 2 N–H and O–H groups in total. The number of hydrogen-bond acceptors (Lipinski definition) is 4. The molecule has 0 radical (unpaired) electrons. The standard InChI is InChI=1S/C15H18N2O2S/c1-10(18)6-7-15(19)17-13-5-3-4-12(8-13)14-9-20-11(2)16-14/h3-5,8-10,18H,6-7H2,1-2H3,(H,17,19). The van der Waals surface area contributed by atoms with E-state index in [1.165, 1.54) is 0 Å². The molecular formula is C15H18N2O2S. The Morgan fingerprint density at radius 3 is 2.95 bits per heavy atom. The Labute approximate surface area is 122 Å². The summed E-state index contributed by atoms with van der Waals surface area (Å²) in [5, 5.41) is 15.0. The highest BCUT2D eigenvalue weighted by molar-refractivity contribution is 7.09. The summed E-state index contributed by atoms with van der Waals surface area (Å²) in [4.78, 5) is 16.2. The maximum absolute atomic E-state index is 11.7. The lowest BCUT2D eigenvalue weighted by Gasteiger charge is -2.07. The Morgan fingerprint density at radius 2 is 2.30 bits per heavy atom. The minimum Gasteiger partial charge on any atom is -0.393 e. The van der Waals surface area contributed by atoms with Gasteiger partial charge in [0.2, 0.25) is 5.91 Å². The zero-order valence-corrected chi connectivity index (χ0v) is 12.4. The van der Waals surface area contributed by atoms with Crippen LogP contribution in [-0.4, -0.2) is 22.1 Å². The van der Waals surface area contributed by atoms with Crippen LogP contribution < -0.4 is 5.32 Å². The Balaban J connectivity index is 2.05. The van der Waals surface area contributed by atoms with Gasteiger partial charge in [-0.15, -0.1) is 11.3 Å². The molecule has 0 fully saturated rings. The van der Waals surface area contributed by atoms with Crippen LogP contribution in [0.5, 0.6) is 0 Å². The van der Waals surface area contributed by atoms with Crippen molar-refractivity contribution in [1.29, 1.82) is 0 Å². The van der Waals surface area contributed by atoms with Gasteiger partial charge in [-0.2, -0.15) is 0 Å². The Morgan fingerprint density at radius 1 is 1.50 bits per heavy atom. The summed E-state index contributed by atoms with van der Waals surface area (Å²) >= 11 is 1.60. The van der Waals surface area contributed by atoms with Crippen molar-refractivity contribution in [3.63, 3.8) is 0 Å². The van der Waals surface area contributed by atoms with Crippen LogP contribution in [0.15, 0.2) is 29.6 Å². The minimum absolute atomic E-state index is 0.0856. The predicted molar refractivity (Wildman–Crippen MR) is 81.8 cm³/mol. The molecule has 4 nitrogen and oxygen atoms in total. The van der Waals surface area contributed by atoms with E-state index in [1.807, 2.05) is 36.6 Å². The van der Waals surface area contributed by atoms with E-state index < -0.39 is 6.10 Å². The second-order valence-electron chi connectivity index (χ2n) is 4.77. The number of carbonyl (C=O) groups is 1. The van der Waals surface area contributed by atoms with E-state index in [-0.39, 0.29) is 5.91 Å². The van der Waals surface area contributed by atoms with Crippen molar-refractivity contribution in [2.45, 2.75) is 32.8 Å². The van der Waals surface area contributed by atoms with E-state index in [1.54, 1.807) is 18.3 Å². The van der Waals surface area contributed by atoms with Crippen molar-refractivity contribution in [3.05, 3.63) is 34.7 Å². The zero-order chi connectivity index (χ0) is 14.5. The number of rotatable bonds is 5. The van der Waals surface area contributed by atoms with Crippen LogP contribution >= 0.6 is 11.3 Å². The highest BCUT2D eigenvalue weighted by Crippen LogP contribution is 2.24. The molecule has 0 saturated heterocycles. The summed E-state index contributed by atoms with van der Waals surface area (Å²) in [6.07, 6.45) is 0.333. The van der Waals surface area contributed by atoms with Gasteiger partial charge in [0.1, 0.15) is 0 Å². The van der Waals surface area contributed by atoms with Crippen LogP contribution in [0, 0.1) is 6.92 Å². The van der Waals surface area contributed by atoms with Crippen LogP contribution in [0.4, 0.5) is 5.69 Å². The maximum Gasteiger partial charge on any atom is 0.224 e. The van der Waals surface area contributed by atoms with E-state index in [0.29, 0.717) is 12.8 Å². The molecule has 0 aliphatic rings. The number of nitrogens with one attached hydrogen (secondary N) is 1. The lowest BCUT2D eigenvalue weighted by Crippen LogP contribution is -2.14. The number of thiazole rings is 1. The molecule has 5 heteroatoms. The SMILES string of the molecule is Cc1nc(-c2cccc(NC(=O)CCC(C)O)c2)cs1. The van der Waals surface area contributed by atoms with Gasteiger partial charge in [-0.1, -0.05) is 12.1 Å². The number of nitrogens with zero attached hydrogens (tertiary/aromatic N) is 1. The number of aromatic nitrogens is 1. The molecular weight excluding hydrogens is 272 g/mol. The van der Waals surface area contributed by atoms with Crippen LogP contribution in [0.1, 0.15) is 24.8 Å². The van der Waals surface area contributed by atoms with Crippen molar-refractivity contribution >= 4 is 22.9 Å². The Hall–Kier alpha value is -1.72. The third-order valence-corrected chi connectivity index (χ3v) is 3.62. The van der Waals surface area contributed by atoms with Crippen molar-refractivity contribution in [1.82, 2.24) is 4.98 Å². The normalized spacial score (nSPS) is 12.2. The highest BCUT2D eigenvalue weighted by atomic mass is 32.1. The molecule has 0 aliphatic carbocycles. The third-order valence-electron chi connectivity index (χ3n) is 2.85. The van der Waals surface area contributed by atoms with Gasteiger partial charge in [0.05, 0.1) is 16.8 Å². The zero-order valence-electron chi connectivity index (χ0n) is 11.6. The van der Waals surface area contributed by atoms with Crippen LogP contribution in [-0.2, 0) is 4.79 Å². The molecule has 0 spiro atoms. The molecule has 0 bridgehead atoms. The first-order valence-corrected chi connectivity index (χ1v) is 7.43. The summed E-state index contributed by atoms with van der Waals surface area (Å²) in [6, 6.07) is 7.63. The minimum atomic E-state index is -0.454. The Kier molecular flexibility index (Phi) is 4.87. The van der Waals surface area contributed by atoms with E-state index in [4.69, 9.17) is 0 Å². The molecule has 1 heterocycles. The van der Waals surface area contributed by atoms with Gasteiger partial charge in [0, 0.05) is 23.1 Å². The molecule has 1 atom stereocenters. The molecule has 0 saturated carbocycles. The third kappa shape index (κ3) is 4.15. The van der Waals surface area contributed by atoms with Crippen LogP contribution in [0.3, 0.4) is 0 Å². The van der Waals surface area contributed by atoms with E-state index >= 15 is 0 Å². The van der Waals surface area contributed by atoms with Crippen molar-refractivity contribution in [2.24, 2.45) is 0 Å². The fourth-order valence-electron chi connectivity index (χ4n) is 1.82. The number of hydrogen-bond donors (Lipinski definition) is 2. The van der Waals surface area contributed by atoms with Crippen LogP contribution in [0.25, 0.3) is 11.3 Å². The Bertz CT molecular complexity index is 593. The van der Waals surface area contributed by atoms with Crippen LogP contribution in [0.2, 0.25) is 0 Å². The number of benzene rings is 1. The number of aliphatic hydroxyl groups excluding tert-OH is 1. The largest absolute Gasteiger partial charge is 0.393 e. The van der Waals surface area contributed by atoms with Gasteiger partial charge in [-0.25, -0.2) is 4.98 Å². The summed E-state index contributed by atoms with van der Waals surface area (Å²) in [7, 11) is 0. The molecule has 1 unspecified atom stereocenters. The smallest absolute Gasteiger partial charge is 0.224 e. The molecule has 2 aromatic rings. The van der Waals surface area contributed by atoms with E-state index in [9.17, 15) is 9.90 Å². The topological polar surface area (TPSA) is 62.2 Å². The van der Waals surface area contributed by atoms with E-state index in [2.05, 4.69) is 10.3 Å². The summed E-state index contributed by atoms with van der Waals surface area (Å²) in [5.74, 6) is -0.0856. The summed E-state index contributed by atoms with van der Waals surface area (Å²) in [6.45, 7) is 3.65. The van der Waals surface area contributed by atoms with Gasteiger partial charge in [-0.05, 0) is 32.4 Å². The van der Waals surface area contributed by atoms with Gasteiger partial charge < -0.3 is 10.4 Å². The van der Waals surface area contributed by atoms with E-state index in [0.717, 1.165) is 22.0 Å². The first-order chi connectivity index (χ1) is 9.54. The number of aryl methyl sites for hydroxylation is 1. The highest BCUT2D eigenvalue weighted by Gasteiger charge is 2.07. The number of aliphatic hydroxyl groups is 1. The van der Waals surface area contributed by atoms with Crippen molar-refractivity contribution < 1.29 is 9.90 Å². The second kappa shape index (κ2) is 6.63. The van der Waals surface area contributed by atoms with Gasteiger partial charge in [-0.3, -0.25) is 4.79 Å². The van der Waals surface area contributed by atoms with Gasteiger partial charge >= 0.3 is 0 Å². The fraction of sp³-hybridized carbons (Fsp3) is 0.333. The monoisotopic (exact) mass is 290 g/mol. The molecule has 106 valence electrons. The number of anilines is 1. The molecule has 1 aromatic heterocycles. The lowest BCUT2D eigenvalue weighted by molar-refractivity contribution is -0.116. The van der Waals surface area contributed by atoms with Crippen molar-refractivity contribution in [3.8, 4) is 11.3 Å². The average molecular weight is 290 g/mol. The first kappa shape index (κ1) is 14.7.